The van der Waals surface area contributed by atoms with Crippen molar-refractivity contribution in [1.29, 1.82) is 5.26 Å². The number of anilines is 1. The van der Waals surface area contributed by atoms with Crippen LogP contribution in [0.25, 0.3) is 22.3 Å². The Kier molecular flexibility index (Phi) is 14.9. The normalized spacial score (nSPS) is 32.4. The molecule has 18 nitrogen and oxygen atoms in total. The number of nitrogens with two attached hydrogens (primary N) is 2. The van der Waals surface area contributed by atoms with Crippen molar-refractivity contribution in [3.63, 3.8) is 0 Å². The minimum absolute atomic E-state index is 0.0763. The highest BCUT2D eigenvalue weighted by Crippen LogP contribution is 2.69. The van der Waals surface area contributed by atoms with E-state index in [1.165, 1.54) is 10.5 Å². The number of hydrogen-bond donors (Lipinski definition) is 3. The topological polar surface area (TPSA) is 227 Å². The van der Waals surface area contributed by atoms with Gasteiger partial charge in [-0.3, -0.25) is 24.4 Å². The van der Waals surface area contributed by atoms with Crippen LogP contribution in [-0.2, 0) is 69.4 Å². The number of fused-ring (bicyclic) bond motifs is 9. The van der Waals surface area contributed by atoms with E-state index in [2.05, 4.69) is 101 Å². The van der Waals surface area contributed by atoms with Crippen LogP contribution in [-0.4, -0.2) is 131 Å². The van der Waals surface area contributed by atoms with Crippen LogP contribution in [0, 0.1) is 51.3 Å². The Morgan fingerprint density at radius 2 is 1.31 bits per heavy atom. The number of carbonyl (C=O) groups excluding carboxylic acids is 2. The number of hydroxylamine groups is 2. The molecule has 7 atom stereocenters. The van der Waals surface area contributed by atoms with Gasteiger partial charge in [0, 0.05) is 107 Å². The van der Waals surface area contributed by atoms with Crippen molar-refractivity contribution in [3.05, 3.63) is 147 Å². The minimum atomic E-state index is -1.46. The molecule has 5 N–H and O–H groups in total. The maximum atomic E-state index is 16.0. The first-order valence-electron chi connectivity index (χ1n) is 33.2. The third kappa shape index (κ3) is 9.43. The molecule has 2 amide bonds. The summed E-state index contributed by atoms with van der Waals surface area (Å²) in [6.45, 7) is 0.138. The van der Waals surface area contributed by atoms with E-state index >= 15 is 4.79 Å². The monoisotopic (exact) mass is 1250 g/mol. The van der Waals surface area contributed by atoms with Gasteiger partial charge in [0.05, 0.1) is 48.9 Å². The van der Waals surface area contributed by atoms with E-state index in [1.807, 2.05) is 37.5 Å². The second-order valence-electron chi connectivity index (χ2n) is 28.2. The predicted octanol–water partition coefficient (Wildman–Crippen LogP) is 9.87. The number of nitrogens with zero attached hydrogens (tertiary/aromatic N) is 8. The summed E-state index contributed by atoms with van der Waals surface area (Å²) in [4.78, 5) is 62.6. The van der Waals surface area contributed by atoms with Gasteiger partial charge in [0.15, 0.2) is 11.9 Å². The fourth-order valence-electron chi connectivity index (χ4n) is 18.8. The summed E-state index contributed by atoms with van der Waals surface area (Å²) >= 11 is 0. The number of guanidine groups is 3. The van der Waals surface area contributed by atoms with E-state index in [4.69, 9.17) is 50.2 Å². The molecular formula is C75H83N11O7. The van der Waals surface area contributed by atoms with Gasteiger partial charge in [-0.05, 0) is 188 Å². The van der Waals surface area contributed by atoms with E-state index in [0.717, 1.165) is 138 Å². The Bertz CT molecular complexity index is 4140. The lowest BCUT2D eigenvalue weighted by Crippen LogP contribution is -2.59. The van der Waals surface area contributed by atoms with Gasteiger partial charge in [0.2, 0.25) is 23.5 Å². The molecule has 10 aliphatic rings. The number of amides is 2. The summed E-state index contributed by atoms with van der Waals surface area (Å²) in [7, 11) is 12.4. The summed E-state index contributed by atoms with van der Waals surface area (Å²) in [5.74, 6) is 7.56. The maximum absolute atomic E-state index is 16.0. The average Bonchev–Trinajstić information content (AvgIpc) is 1.54. The molecule has 3 heterocycles. The molecular weight excluding hydrogens is 1170 g/mol. The smallest absolute Gasteiger partial charge is 0.232 e. The van der Waals surface area contributed by atoms with Gasteiger partial charge in [-0.2, -0.15) is 5.26 Å². The summed E-state index contributed by atoms with van der Waals surface area (Å²) in [6.07, 6.45) is 12.4. The van der Waals surface area contributed by atoms with Crippen molar-refractivity contribution in [2.45, 2.75) is 144 Å². The van der Waals surface area contributed by atoms with Gasteiger partial charge in [0.25, 0.3) is 0 Å². The van der Waals surface area contributed by atoms with Gasteiger partial charge in [-0.1, -0.05) is 66.4 Å². The minimum Gasteiger partial charge on any atom is -0.381 e. The van der Waals surface area contributed by atoms with Crippen molar-refractivity contribution in [3.8, 4) is 40.2 Å². The quantitative estimate of drug-likeness (QED) is 0.0877. The van der Waals surface area contributed by atoms with Gasteiger partial charge >= 0.3 is 0 Å². The van der Waals surface area contributed by atoms with E-state index < -0.39 is 45.8 Å². The Balaban J connectivity index is 0.869. The molecule has 5 aromatic rings. The van der Waals surface area contributed by atoms with E-state index in [0.29, 0.717) is 36.7 Å². The van der Waals surface area contributed by atoms with Crippen molar-refractivity contribution in [1.82, 2.24) is 14.9 Å². The number of hydrogen-bond acceptors (Lipinski definition) is 16. The molecule has 7 aliphatic carbocycles. The van der Waals surface area contributed by atoms with Crippen LogP contribution >= 0.6 is 0 Å². The average molecular weight is 1250 g/mol. The van der Waals surface area contributed by atoms with Crippen molar-refractivity contribution in [2.75, 3.05) is 61.4 Å². The summed E-state index contributed by atoms with van der Waals surface area (Å²) < 4.78 is 25.2. The fraction of sp³-hybridized carbons (Fsp3) is 0.480. The molecule has 480 valence electrons. The number of methoxy groups -OCH3 is 4. The van der Waals surface area contributed by atoms with E-state index in [-0.39, 0.29) is 60.7 Å². The van der Waals surface area contributed by atoms with Gasteiger partial charge < -0.3 is 35.7 Å². The number of benzene rings is 5. The molecule has 4 fully saturated rings. The first-order valence-corrected chi connectivity index (χ1v) is 33.2. The summed E-state index contributed by atoms with van der Waals surface area (Å²) in [5, 5.41) is 15.8. The predicted molar refractivity (Wildman–Crippen MR) is 357 cm³/mol. The summed E-state index contributed by atoms with van der Waals surface area (Å²) in [5.41, 5.74) is 22.4. The van der Waals surface area contributed by atoms with Crippen LogP contribution in [0.3, 0.4) is 0 Å². The SMILES string of the molecule is CN=Cc1cccc(-c2ccc3c(c2)C2(CC(=O)N(CC4C(OC)C(OC)CC45Cc4ccc(-c6cccc(C#N)c6)cc4C54N=C(Nc5cc(C#CC6CC6)cc6c5CC5(CCC(OC)CC5)C65CC(=O)N(C)C(N)=N5)N(C)O4)C(N)=N2)C2(CCC(OC)CC2)C3)c1. The van der Waals surface area contributed by atoms with Gasteiger partial charge in [-0.25, -0.2) is 24.9 Å². The highest BCUT2D eigenvalue weighted by molar-refractivity contribution is 6.01. The van der Waals surface area contributed by atoms with Crippen molar-refractivity contribution >= 4 is 41.6 Å². The van der Waals surface area contributed by atoms with Crippen molar-refractivity contribution < 1.29 is 33.4 Å². The fourth-order valence-corrected chi connectivity index (χ4v) is 18.8. The number of rotatable bonds is 10. The third-order valence-corrected chi connectivity index (χ3v) is 23.8. The molecule has 4 saturated carbocycles. The molecule has 18 heteroatoms. The third-order valence-electron chi connectivity index (χ3n) is 23.8. The zero-order chi connectivity index (χ0) is 64.4. The molecule has 93 heavy (non-hydrogen) atoms. The number of nitrogens with one attached hydrogen (secondary N) is 1. The highest BCUT2D eigenvalue weighted by atomic mass is 16.7. The van der Waals surface area contributed by atoms with Crippen LogP contribution in [0.2, 0.25) is 0 Å². The largest absolute Gasteiger partial charge is 0.381 e. The number of nitriles is 1. The van der Waals surface area contributed by atoms with Crippen molar-refractivity contribution in [2.24, 2.45) is 59.5 Å². The number of carbonyl (C=O) groups is 2. The second kappa shape index (κ2) is 22.8. The lowest BCUT2D eigenvalue weighted by atomic mass is 9.60. The Morgan fingerprint density at radius 1 is 0.677 bits per heavy atom. The Labute approximate surface area is 544 Å². The van der Waals surface area contributed by atoms with Crippen LogP contribution in [0.15, 0.2) is 117 Å². The maximum Gasteiger partial charge on any atom is 0.232 e. The molecule has 0 saturated heterocycles. The standard InChI is InChI=1S/C75H83N11O7/c1-79-43-48-11-9-13-50(31-48)51-18-20-53-36-70(26-22-55(89-4)23-27-70)73(58(53)34-51)41-65(88)86(68(78)82-73)44-61-66(92-7)63(91-6)39-72(61)37-54-21-19-52(49-12-8-10-47(30-49)42-76)35-59(54)75(72)83-69(85(3)93-75)80-62-33-46(17-16-45-14-15-45)32-60-57(62)38-71(28-24-56(90-5)25-29-71)74(60)40-64(87)84(2)67(77)81-74/h8-13,18-21,30-35,43,45,55-56,61,63,66H,14-15,22-29,36-41,44H2,1-7H3,(H2,77,81)(H2,78,82)(H,80,83). The zero-order valence-electron chi connectivity index (χ0n) is 54.4. The first kappa shape index (κ1) is 61.0. The van der Waals surface area contributed by atoms with Crippen LogP contribution in [0.1, 0.15) is 134 Å². The molecule has 0 bridgehead atoms. The Hall–Kier alpha value is -8.23. The van der Waals surface area contributed by atoms with Gasteiger partial charge in [0.1, 0.15) is 11.1 Å². The molecule has 7 unspecified atom stereocenters. The Morgan fingerprint density at radius 3 is 1.96 bits per heavy atom. The molecule has 15 rings (SSSR count). The highest BCUT2D eigenvalue weighted by Gasteiger charge is 2.73. The van der Waals surface area contributed by atoms with Crippen LogP contribution in [0.5, 0.6) is 0 Å². The molecule has 5 aromatic carbocycles. The number of ether oxygens (including phenoxy) is 4. The molecule has 6 spiro atoms. The van der Waals surface area contributed by atoms with E-state index in [9.17, 15) is 10.1 Å². The first-order chi connectivity index (χ1) is 45.0. The van der Waals surface area contributed by atoms with E-state index in [1.54, 1.807) is 52.5 Å². The zero-order valence-corrected chi connectivity index (χ0v) is 54.4. The van der Waals surface area contributed by atoms with Crippen LogP contribution in [0.4, 0.5) is 5.69 Å². The number of aliphatic imine (C=N–C) groups is 4. The molecule has 0 aromatic heterocycles. The van der Waals surface area contributed by atoms with Crippen LogP contribution < -0.4 is 16.8 Å². The summed E-state index contributed by atoms with van der Waals surface area (Å²) in [6, 6.07) is 35.8. The second-order valence-corrected chi connectivity index (χ2v) is 28.2. The lowest BCUT2D eigenvalue weighted by Gasteiger charge is -2.51. The molecule has 0 radical (unpaired) electrons. The van der Waals surface area contributed by atoms with Gasteiger partial charge in [-0.15, -0.1) is 0 Å². The molecule has 3 aliphatic heterocycles. The lowest BCUT2D eigenvalue weighted by molar-refractivity contribution is -0.234.